The maximum absolute atomic E-state index is 11.7. The van der Waals surface area contributed by atoms with Crippen molar-refractivity contribution in [2.24, 2.45) is 0 Å². The number of nitrogens with one attached hydrogen (secondary N) is 2. The summed E-state index contributed by atoms with van der Waals surface area (Å²) in [5.74, 6) is 0.703. The van der Waals surface area contributed by atoms with Gasteiger partial charge in [0.25, 0.3) is 0 Å². The topological polar surface area (TPSA) is 59.6 Å². The second-order valence-corrected chi connectivity index (χ2v) is 5.77. The number of hydrogen-bond acceptors (Lipinski definition) is 4. The van der Waals surface area contributed by atoms with E-state index in [0.29, 0.717) is 13.2 Å². The number of hydrogen-bond donors (Lipinski definition) is 2. The van der Waals surface area contributed by atoms with Crippen LogP contribution in [0, 0.1) is 0 Å². The van der Waals surface area contributed by atoms with Crippen LogP contribution in [-0.4, -0.2) is 31.8 Å². The molecule has 0 saturated carbocycles. The summed E-state index contributed by atoms with van der Waals surface area (Å²) >= 11 is 0. The van der Waals surface area contributed by atoms with Crippen LogP contribution in [0.3, 0.4) is 0 Å². The predicted molar refractivity (Wildman–Crippen MR) is 78.1 cm³/mol. The molecule has 1 aromatic carbocycles. The molecule has 1 aliphatic rings. The maximum Gasteiger partial charge on any atom is 0.246 e. The van der Waals surface area contributed by atoms with Gasteiger partial charge >= 0.3 is 0 Å². The molecule has 1 atom stereocenters. The molecule has 0 spiro atoms. The third-order valence-corrected chi connectivity index (χ3v) is 3.03. The third-order valence-electron chi connectivity index (χ3n) is 3.03. The van der Waals surface area contributed by atoms with E-state index in [9.17, 15) is 4.79 Å². The van der Waals surface area contributed by atoms with E-state index in [1.807, 2.05) is 39.0 Å². The van der Waals surface area contributed by atoms with Gasteiger partial charge in [0.15, 0.2) is 0 Å². The van der Waals surface area contributed by atoms with Crippen molar-refractivity contribution in [3.05, 3.63) is 23.8 Å². The van der Waals surface area contributed by atoms with Gasteiger partial charge in [-0.15, -0.1) is 0 Å². The molecule has 5 heteroatoms. The van der Waals surface area contributed by atoms with Crippen molar-refractivity contribution in [3.63, 3.8) is 0 Å². The second kappa shape index (κ2) is 5.81. The minimum atomic E-state index is -0.275. The summed E-state index contributed by atoms with van der Waals surface area (Å²) in [7, 11) is 1.77. The first-order valence-electron chi connectivity index (χ1n) is 6.79. The lowest BCUT2D eigenvalue weighted by molar-refractivity contribution is -0.117. The summed E-state index contributed by atoms with van der Waals surface area (Å²) in [6.45, 7) is 7.05. The smallest absolute Gasteiger partial charge is 0.246 e. The molecule has 0 aliphatic carbocycles. The lowest BCUT2D eigenvalue weighted by atomic mass is 10.1. The first-order valence-corrected chi connectivity index (χ1v) is 6.79. The van der Waals surface area contributed by atoms with Gasteiger partial charge in [-0.1, -0.05) is 6.07 Å². The van der Waals surface area contributed by atoms with Crippen LogP contribution in [0.2, 0.25) is 0 Å². The van der Waals surface area contributed by atoms with Crippen LogP contribution < -0.4 is 15.4 Å². The Morgan fingerprint density at radius 1 is 1.30 bits per heavy atom. The average molecular weight is 278 g/mol. The van der Waals surface area contributed by atoms with Gasteiger partial charge in [-0.05, 0) is 33.9 Å². The van der Waals surface area contributed by atoms with Crippen molar-refractivity contribution in [1.82, 2.24) is 5.32 Å². The summed E-state index contributed by atoms with van der Waals surface area (Å²) in [6.07, 6.45) is 0. The SMILES string of the molecule is CNC1C(=O)Nc2cc(OCCOC(C)(C)C)ccc21. The summed E-state index contributed by atoms with van der Waals surface area (Å²) in [6, 6.07) is 5.36. The third kappa shape index (κ3) is 3.49. The second-order valence-electron chi connectivity index (χ2n) is 5.77. The van der Waals surface area contributed by atoms with E-state index in [1.54, 1.807) is 7.05 Å². The molecule has 1 unspecified atom stereocenters. The highest BCUT2D eigenvalue weighted by molar-refractivity contribution is 6.02. The zero-order chi connectivity index (χ0) is 14.8. The number of carbonyl (C=O) groups is 1. The maximum atomic E-state index is 11.7. The highest BCUT2D eigenvalue weighted by Crippen LogP contribution is 2.33. The molecule has 0 fully saturated rings. The molecule has 1 aromatic rings. The largest absolute Gasteiger partial charge is 0.491 e. The standard InChI is InChI=1S/C15H22N2O3/c1-15(2,3)20-8-7-19-10-5-6-11-12(9-10)17-14(18)13(11)16-4/h5-6,9,13,16H,7-8H2,1-4H3,(H,17,18). The number of likely N-dealkylation sites (N-methyl/N-ethyl adjacent to an activating group) is 1. The fourth-order valence-electron chi connectivity index (χ4n) is 2.13. The molecule has 110 valence electrons. The Labute approximate surface area is 119 Å². The number of benzene rings is 1. The Kier molecular flexibility index (Phi) is 4.30. The Balaban J connectivity index is 1.93. The number of ether oxygens (including phenoxy) is 2. The van der Waals surface area contributed by atoms with Crippen molar-refractivity contribution in [1.29, 1.82) is 0 Å². The van der Waals surface area contributed by atoms with Crippen molar-refractivity contribution < 1.29 is 14.3 Å². The van der Waals surface area contributed by atoms with E-state index in [4.69, 9.17) is 9.47 Å². The van der Waals surface area contributed by atoms with Gasteiger partial charge < -0.3 is 20.1 Å². The Morgan fingerprint density at radius 3 is 2.70 bits per heavy atom. The molecule has 1 amide bonds. The molecule has 0 aromatic heterocycles. The molecule has 0 bridgehead atoms. The molecular formula is C15H22N2O3. The van der Waals surface area contributed by atoms with Crippen LogP contribution in [0.1, 0.15) is 32.4 Å². The van der Waals surface area contributed by atoms with Gasteiger partial charge in [-0.3, -0.25) is 4.79 Å². The van der Waals surface area contributed by atoms with Gasteiger partial charge in [0.1, 0.15) is 18.4 Å². The van der Waals surface area contributed by atoms with E-state index in [-0.39, 0.29) is 17.6 Å². The Hall–Kier alpha value is -1.59. The minimum absolute atomic E-state index is 0.0317. The number of rotatable bonds is 5. The fourth-order valence-corrected chi connectivity index (χ4v) is 2.13. The minimum Gasteiger partial charge on any atom is -0.491 e. The lowest BCUT2D eigenvalue weighted by Gasteiger charge is -2.19. The van der Waals surface area contributed by atoms with Crippen LogP contribution >= 0.6 is 0 Å². The predicted octanol–water partition coefficient (Wildman–Crippen LogP) is 2.09. The summed E-state index contributed by atoms with van der Waals surface area (Å²) < 4.78 is 11.2. The van der Waals surface area contributed by atoms with E-state index in [2.05, 4.69) is 10.6 Å². The number of amides is 1. The van der Waals surface area contributed by atoms with Crippen LogP contribution in [0.15, 0.2) is 18.2 Å². The number of carbonyl (C=O) groups excluding carboxylic acids is 1. The summed E-state index contributed by atoms with van der Waals surface area (Å²) in [5, 5.41) is 5.83. The first kappa shape index (κ1) is 14.8. The fraction of sp³-hybridized carbons (Fsp3) is 0.533. The van der Waals surface area contributed by atoms with Gasteiger partial charge in [0, 0.05) is 17.3 Å². The van der Waals surface area contributed by atoms with Crippen molar-refractivity contribution >= 4 is 11.6 Å². The van der Waals surface area contributed by atoms with E-state index < -0.39 is 0 Å². The van der Waals surface area contributed by atoms with Crippen LogP contribution in [0.4, 0.5) is 5.69 Å². The molecule has 5 nitrogen and oxygen atoms in total. The normalized spacial score (nSPS) is 17.8. The van der Waals surface area contributed by atoms with Gasteiger partial charge in [0.2, 0.25) is 5.91 Å². The Morgan fingerprint density at radius 2 is 2.05 bits per heavy atom. The molecule has 0 saturated heterocycles. The van der Waals surface area contributed by atoms with Crippen molar-refractivity contribution in [3.8, 4) is 5.75 Å². The van der Waals surface area contributed by atoms with Crippen LogP contribution in [0.25, 0.3) is 0 Å². The molecule has 1 heterocycles. The van der Waals surface area contributed by atoms with Gasteiger partial charge in [-0.2, -0.15) is 0 Å². The van der Waals surface area contributed by atoms with Crippen LogP contribution in [0.5, 0.6) is 5.75 Å². The first-order chi connectivity index (χ1) is 9.40. The van der Waals surface area contributed by atoms with Crippen molar-refractivity contribution in [2.75, 3.05) is 25.6 Å². The van der Waals surface area contributed by atoms with E-state index in [0.717, 1.165) is 17.0 Å². The lowest BCUT2D eigenvalue weighted by Crippen LogP contribution is -2.23. The molecule has 2 N–H and O–H groups in total. The molecular weight excluding hydrogens is 256 g/mol. The molecule has 2 rings (SSSR count). The summed E-state index contributed by atoms with van der Waals surface area (Å²) in [4.78, 5) is 11.7. The number of fused-ring (bicyclic) bond motifs is 1. The zero-order valence-electron chi connectivity index (χ0n) is 12.4. The molecule has 1 aliphatic heterocycles. The monoisotopic (exact) mass is 278 g/mol. The Bertz CT molecular complexity index is 494. The van der Waals surface area contributed by atoms with E-state index >= 15 is 0 Å². The summed E-state index contributed by atoms with van der Waals surface area (Å²) in [5.41, 5.74) is 1.61. The quantitative estimate of drug-likeness (QED) is 0.810. The highest BCUT2D eigenvalue weighted by atomic mass is 16.5. The van der Waals surface area contributed by atoms with Crippen LogP contribution in [-0.2, 0) is 9.53 Å². The average Bonchev–Trinajstić information content (AvgIpc) is 2.68. The highest BCUT2D eigenvalue weighted by Gasteiger charge is 2.29. The van der Waals surface area contributed by atoms with E-state index in [1.165, 1.54) is 0 Å². The molecule has 0 radical (unpaired) electrons. The van der Waals surface area contributed by atoms with Gasteiger partial charge in [0.05, 0.1) is 12.2 Å². The van der Waals surface area contributed by atoms with Gasteiger partial charge in [-0.25, -0.2) is 0 Å². The zero-order valence-corrected chi connectivity index (χ0v) is 12.4. The molecule has 20 heavy (non-hydrogen) atoms. The number of anilines is 1. The van der Waals surface area contributed by atoms with Crippen molar-refractivity contribution in [2.45, 2.75) is 32.4 Å².